The molecular formula is C55H49N3O. The summed E-state index contributed by atoms with van der Waals surface area (Å²) in [5.41, 5.74) is 17.1. The SMILES string of the molecule is COc1ccccc1-c1cc(-c2cc(C(C)(C)C)cc(C(C)(C)C)c2)cc(-c2cc(-c3ccccc3)cc(-c3cc(-c4cccc5c4[nH]c4ccccc45)ccn3)c2)n1. The van der Waals surface area contributed by atoms with Crippen LogP contribution in [0.1, 0.15) is 52.7 Å². The van der Waals surface area contributed by atoms with Crippen LogP contribution in [-0.4, -0.2) is 22.1 Å². The Bertz CT molecular complexity index is 2960. The minimum absolute atomic E-state index is 0.0301. The molecule has 0 aliphatic rings. The van der Waals surface area contributed by atoms with Crippen LogP contribution >= 0.6 is 0 Å². The second-order valence-corrected chi connectivity index (χ2v) is 17.6. The fraction of sp³-hybridized carbons (Fsp3) is 0.164. The number of hydrogen-bond acceptors (Lipinski definition) is 3. The van der Waals surface area contributed by atoms with E-state index in [0.717, 1.165) is 78.4 Å². The van der Waals surface area contributed by atoms with Crippen LogP contribution in [0, 0.1) is 0 Å². The zero-order chi connectivity index (χ0) is 40.9. The van der Waals surface area contributed by atoms with Gasteiger partial charge < -0.3 is 9.72 Å². The molecule has 3 heterocycles. The largest absolute Gasteiger partial charge is 0.496 e. The maximum absolute atomic E-state index is 5.91. The van der Waals surface area contributed by atoms with Crippen LogP contribution in [0.25, 0.3) is 89.0 Å². The highest BCUT2D eigenvalue weighted by Crippen LogP contribution is 2.41. The number of aromatic nitrogens is 3. The van der Waals surface area contributed by atoms with Gasteiger partial charge in [0.2, 0.25) is 0 Å². The molecule has 4 nitrogen and oxygen atoms in total. The van der Waals surface area contributed by atoms with E-state index in [1.54, 1.807) is 7.11 Å². The lowest BCUT2D eigenvalue weighted by Crippen LogP contribution is -2.16. The molecule has 4 heteroatoms. The van der Waals surface area contributed by atoms with Gasteiger partial charge >= 0.3 is 0 Å². The van der Waals surface area contributed by atoms with E-state index in [2.05, 4.69) is 186 Å². The topological polar surface area (TPSA) is 50.8 Å². The van der Waals surface area contributed by atoms with Crippen molar-refractivity contribution in [2.75, 3.05) is 7.11 Å². The standard InChI is InChI=1S/C55H49N3O/c1-54(2,3)42-29-38(30-43(34-42)55(4,5)6)39-32-50(57-51(33-39)47-19-12-14-23-52(47)59-7)41-27-37(35-16-9-8-10-17-35)26-40(28-41)49-31-36(24-25-56-49)44-20-15-21-46-45-18-11-13-22-48(45)58-53(44)46/h8-34,58H,1-7H3. The number of pyridine rings is 2. The lowest BCUT2D eigenvalue weighted by molar-refractivity contribution is 0.416. The summed E-state index contributed by atoms with van der Waals surface area (Å²) < 4.78 is 5.91. The van der Waals surface area contributed by atoms with Crippen LogP contribution in [0.4, 0.5) is 0 Å². The van der Waals surface area contributed by atoms with E-state index in [1.165, 1.54) is 27.5 Å². The van der Waals surface area contributed by atoms with Gasteiger partial charge in [-0.3, -0.25) is 4.98 Å². The summed E-state index contributed by atoms with van der Waals surface area (Å²) in [6, 6.07) is 56.4. The molecule has 0 atom stereocenters. The van der Waals surface area contributed by atoms with Crippen LogP contribution in [0.2, 0.25) is 0 Å². The number of methoxy groups -OCH3 is 1. The maximum Gasteiger partial charge on any atom is 0.128 e. The first-order valence-corrected chi connectivity index (χ1v) is 20.4. The molecule has 0 aliphatic heterocycles. The second-order valence-electron chi connectivity index (χ2n) is 17.6. The second kappa shape index (κ2) is 14.9. The molecule has 0 spiro atoms. The average molecular weight is 768 g/mol. The van der Waals surface area contributed by atoms with Crippen molar-refractivity contribution in [2.45, 2.75) is 52.4 Å². The number of benzene rings is 6. The van der Waals surface area contributed by atoms with Crippen molar-refractivity contribution in [1.29, 1.82) is 0 Å². The molecule has 0 radical (unpaired) electrons. The summed E-state index contributed by atoms with van der Waals surface area (Å²) in [7, 11) is 1.72. The molecule has 1 N–H and O–H groups in total. The molecule has 6 aromatic carbocycles. The van der Waals surface area contributed by atoms with Crippen molar-refractivity contribution >= 4 is 21.8 Å². The number of H-pyrrole nitrogens is 1. The molecular weight excluding hydrogens is 719 g/mol. The van der Waals surface area contributed by atoms with Crippen molar-refractivity contribution in [2.24, 2.45) is 0 Å². The summed E-state index contributed by atoms with van der Waals surface area (Å²) in [6.07, 6.45) is 1.93. The smallest absolute Gasteiger partial charge is 0.128 e. The number of hydrogen-bond donors (Lipinski definition) is 1. The number of nitrogens with zero attached hydrogens (tertiary/aromatic N) is 2. The number of ether oxygens (including phenoxy) is 1. The summed E-state index contributed by atoms with van der Waals surface area (Å²) in [5, 5.41) is 2.44. The Labute approximate surface area is 347 Å². The monoisotopic (exact) mass is 767 g/mol. The molecule has 0 unspecified atom stereocenters. The highest BCUT2D eigenvalue weighted by molar-refractivity contribution is 6.11. The summed E-state index contributed by atoms with van der Waals surface area (Å²) in [4.78, 5) is 14.1. The van der Waals surface area contributed by atoms with Gasteiger partial charge in [0.25, 0.3) is 0 Å². The number of para-hydroxylation sites is 3. The predicted molar refractivity (Wildman–Crippen MR) is 248 cm³/mol. The van der Waals surface area contributed by atoms with Crippen molar-refractivity contribution in [1.82, 2.24) is 15.0 Å². The van der Waals surface area contributed by atoms with E-state index in [-0.39, 0.29) is 10.8 Å². The quantitative estimate of drug-likeness (QED) is 0.176. The van der Waals surface area contributed by atoms with Crippen molar-refractivity contribution in [3.63, 3.8) is 0 Å². The molecule has 0 aliphatic carbocycles. The normalized spacial score (nSPS) is 12.0. The Morgan fingerprint density at radius 2 is 1.02 bits per heavy atom. The fourth-order valence-electron chi connectivity index (χ4n) is 8.09. The molecule has 9 aromatic rings. The van der Waals surface area contributed by atoms with E-state index in [0.29, 0.717) is 0 Å². The van der Waals surface area contributed by atoms with Gasteiger partial charge in [0.05, 0.1) is 29.7 Å². The minimum atomic E-state index is -0.0301. The first-order valence-electron chi connectivity index (χ1n) is 20.4. The van der Waals surface area contributed by atoms with Crippen LogP contribution in [0.15, 0.2) is 164 Å². The summed E-state index contributed by atoms with van der Waals surface area (Å²) in [5.74, 6) is 0.784. The van der Waals surface area contributed by atoms with Gasteiger partial charge in [0.1, 0.15) is 5.75 Å². The predicted octanol–water partition coefficient (Wildman–Crippen LogP) is 14.7. The van der Waals surface area contributed by atoms with Gasteiger partial charge in [-0.05, 0) is 110 Å². The van der Waals surface area contributed by atoms with E-state index >= 15 is 0 Å². The first-order chi connectivity index (χ1) is 28.4. The molecule has 0 amide bonds. The van der Waals surface area contributed by atoms with Crippen LogP contribution in [-0.2, 0) is 10.8 Å². The van der Waals surface area contributed by atoms with Gasteiger partial charge in [-0.15, -0.1) is 0 Å². The third kappa shape index (κ3) is 7.43. The summed E-state index contributed by atoms with van der Waals surface area (Å²) in [6.45, 7) is 13.7. The molecule has 0 bridgehead atoms. The Morgan fingerprint density at radius 1 is 0.441 bits per heavy atom. The highest BCUT2D eigenvalue weighted by Gasteiger charge is 2.22. The van der Waals surface area contributed by atoms with E-state index in [1.807, 2.05) is 24.4 Å². The third-order valence-electron chi connectivity index (χ3n) is 11.5. The first kappa shape index (κ1) is 37.8. The Balaban J connectivity index is 1.26. The number of rotatable bonds is 7. The number of nitrogens with one attached hydrogen (secondary N) is 1. The Hall–Kier alpha value is -6.78. The minimum Gasteiger partial charge on any atom is -0.496 e. The zero-order valence-corrected chi connectivity index (χ0v) is 34.9. The van der Waals surface area contributed by atoms with Gasteiger partial charge in [0, 0.05) is 44.7 Å². The fourth-order valence-corrected chi connectivity index (χ4v) is 8.09. The number of fused-ring (bicyclic) bond motifs is 3. The van der Waals surface area contributed by atoms with Gasteiger partial charge in [-0.1, -0.05) is 139 Å². The highest BCUT2D eigenvalue weighted by atomic mass is 16.5. The lowest BCUT2D eigenvalue weighted by atomic mass is 9.79. The van der Waals surface area contributed by atoms with Crippen LogP contribution in [0.5, 0.6) is 5.75 Å². The van der Waals surface area contributed by atoms with E-state index in [9.17, 15) is 0 Å². The number of aromatic amines is 1. The molecule has 59 heavy (non-hydrogen) atoms. The average Bonchev–Trinajstić information content (AvgIpc) is 3.65. The maximum atomic E-state index is 5.91. The Morgan fingerprint density at radius 3 is 1.76 bits per heavy atom. The molecule has 0 saturated heterocycles. The van der Waals surface area contributed by atoms with E-state index < -0.39 is 0 Å². The van der Waals surface area contributed by atoms with Crippen LogP contribution in [0.3, 0.4) is 0 Å². The zero-order valence-electron chi connectivity index (χ0n) is 34.9. The summed E-state index contributed by atoms with van der Waals surface area (Å²) >= 11 is 0. The van der Waals surface area contributed by atoms with Crippen molar-refractivity contribution in [3.8, 4) is 72.9 Å². The van der Waals surface area contributed by atoms with Crippen LogP contribution < -0.4 is 4.74 Å². The van der Waals surface area contributed by atoms with Crippen molar-refractivity contribution in [3.05, 3.63) is 175 Å². The molecule has 0 saturated carbocycles. The van der Waals surface area contributed by atoms with Crippen molar-refractivity contribution < 1.29 is 4.74 Å². The van der Waals surface area contributed by atoms with E-state index in [4.69, 9.17) is 14.7 Å². The lowest BCUT2D eigenvalue weighted by Gasteiger charge is -2.26. The van der Waals surface area contributed by atoms with Gasteiger partial charge in [-0.2, -0.15) is 0 Å². The third-order valence-corrected chi connectivity index (χ3v) is 11.5. The molecule has 3 aromatic heterocycles. The molecule has 0 fully saturated rings. The molecule has 290 valence electrons. The Kier molecular flexibility index (Phi) is 9.52. The molecule has 9 rings (SSSR count). The van der Waals surface area contributed by atoms with Gasteiger partial charge in [0.15, 0.2) is 0 Å². The van der Waals surface area contributed by atoms with Gasteiger partial charge in [-0.25, -0.2) is 4.98 Å².